The van der Waals surface area contributed by atoms with Gasteiger partial charge in [-0.15, -0.1) is 0 Å². The van der Waals surface area contributed by atoms with Crippen LogP contribution in [0.25, 0.3) is 0 Å². The van der Waals surface area contributed by atoms with Crippen LogP contribution in [0.1, 0.15) is 6.92 Å². The van der Waals surface area contributed by atoms with E-state index in [1.54, 1.807) is 34.6 Å². The van der Waals surface area contributed by atoms with Gasteiger partial charge in [0.1, 0.15) is 0 Å². The molecule has 0 amide bonds. The number of piperazine rings is 1. The molecule has 1 fully saturated rings. The van der Waals surface area contributed by atoms with Crippen LogP contribution < -0.4 is 4.90 Å². The maximum atomic E-state index is 12.9. The quantitative estimate of drug-likeness (QED) is 0.664. The molecule has 1 saturated heterocycles. The molecule has 0 radical (unpaired) electrons. The van der Waals surface area contributed by atoms with Crippen LogP contribution in [0.2, 0.25) is 10.0 Å². The number of rotatable bonds is 3. The normalized spacial score (nSPS) is 19.2. The fraction of sp³-hybridized carbons (Fsp3) is 0.294. The SMILES string of the molecule is C[C@@H]1CN(c2ccc(Cl)cc2Cl)CCN1S(=O)(=O)c1cccc(Br)c1. The maximum Gasteiger partial charge on any atom is 0.243 e. The van der Waals surface area contributed by atoms with E-state index in [-0.39, 0.29) is 6.04 Å². The van der Waals surface area contributed by atoms with Gasteiger partial charge in [0.15, 0.2) is 0 Å². The number of anilines is 1. The molecule has 1 atom stereocenters. The average molecular weight is 464 g/mol. The summed E-state index contributed by atoms with van der Waals surface area (Å²) in [5.74, 6) is 0. The fourth-order valence-electron chi connectivity index (χ4n) is 3.02. The molecule has 0 unspecified atom stereocenters. The number of hydrogen-bond acceptors (Lipinski definition) is 3. The minimum Gasteiger partial charge on any atom is -0.367 e. The van der Waals surface area contributed by atoms with Crippen molar-refractivity contribution in [3.8, 4) is 0 Å². The summed E-state index contributed by atoms with van der Waals surface area (Å²) in [5, 5.41) is 1.15. The molecule has 0 spiro atoms. The van der Waals surface area contributed by atoms with E-state index < -0.39 is 10.0 Å². The zero-order valence-corrected chi connectivity index (χ0v) is 17.4. The van der Waals surface area contributed by atoms with Crippen LogP contribution in [0.5, 0.6) is 0 Å². The topological polar surface area (TPSA) is 40.6 Å². The van der Waals surface area contributed by atoms with Crippen molar-refractivity contribution in [2.24, 2.45) is 0 Å². The summed E-state index contributed by atoms with van der Waals surface area (Å²) in [7, 11) is -3.53. The second-order valence-corrected chi connectivity index (χ2v) is 9.61. The molecule has 1 heterocycles. The predicted octanol–water partition coefficient (Wildman–Crippen LogP) is 4.66. The van der Waals surface area contributed by atoms with Gasteiger partial charge in [-0.25, -0.2) is 8.42 Å². The van der Waals surface area contributed by atoms with E-state index in [0.717, 1.165) is 10.2 Å². The van der Waals surface area contributed by atoms with Crippen molar-refractivity contribution in [2.75, 3.05) is 24.5 Å². The van der Waals surface area contributed by atoms with Gasteiger partial charge in [-0.1, -0.05) is 45.2 Å². The van der Waals surface area contributed by atoms with Gasteiger partial charge >= 0.3 is 0 Å². The van der Waals surface area contributed by atoms with Gasteiger partial charge in [0, 0.05) is 35.2 Å². The van der Waals surface area contributed by atoms with Crippen molar-refractivity contribution in [1.82, 2.24) is 4.31 Å². The van der Waals surface area contributed by atoms with Crippen molar-refractivity contribution < 1.29 is 8.42 Å². The first kappa shape index (κ1) is 19.0. The van der Waals surface area contributed by atoms with E-state index in [9.17, 15) is 8.42 Å². The molecule has 4 nitrogen and oxygen atoms in total. The highest BCUT2D eigenvalue weighted by molar-refractivity contribution is 9.10. The molecule has 2 aromatic rings. The summed E-state index contributed by atoms with van der Waals surface area (Å²) in [6, 6.07) is 12.0. The van der Waals surface area contributed by atoms with Crippen molar-refractivity contribution in [3.63, 3.8) is 0 Å². The minimum atomic E-state index is -3.53. The summed E-state index contributed by atoms with van der Waals surface area (Å²) >= 11 is 15.6. The first-order chi connectivity index (χ1) is 11.8. The van der Waals surface area contributed by atoms with Crippen LogP contribution in [-0.4, -0.2) is 38.4 Å². The Kier molecular flexibility index (Phi) is 5.66. The van der Waals surface area contributed by atoms with E-state index in [1.165, 1.54) is 0 Å². The van der Waals surface area contributed by atoms with Crippen molar-refractivity contribution >= 4 is 54.8 Å². The summed E-state index contributed by atoms with van der Waals surface area (Å²) < 4.78 is 28.2. The number of nitrogens with zero attached hydrogens (tertiary/aromatic N) is 2. The molecule has 0 aliphatic carbocycles. The standard InChI is InChI=1S/C17H17BrCl2N2O2S/c1-12-11-21(17-6-5-14(19)10-16(17)20)7-8-22(12)25(23,24)15-4-2-3-13(18)9-15/h2-6,9-10,12H,7-8,11H2,1H3/t12-/m1/s1. The first-order valence-corrected chi connectivity index (χ1v) is 10.8. The fourth-order valence-corrected chi connectivity index (χ4v) is 5.76. The van der Waals surface area contributed by atoms with Gasteiger partial charge in [0.25, 0.3) is 0 Å². The molecule has 3 rings (SSSR count). The van der Waals surface area contributed by atoms with Crippen LogP contribution >= 0.6 is 39.1 Å². The lowest BCUT2D eigenvalue weighted by atomic mass is 10.2. The number of halogens is 3. The molecule has 0 bridgehead atoms. The lowest BCUT2D eigenvalue weighted by Crippen LogP contribution is -2.54. The van der Waals surface area contributed by atoms with Gasteiger partial charge in [0.05, 0.1) is 15.6 Å². The molecule has 0 N–H and O–H groups in total. The molecular formula is C17H17BrCl2N2O2S. The molecule has 8 heteroatoms. The third kappa shape index (κ3) is 3.98. The highest BCUT2D eigenvalue weighted by Gasteiger charge is 2.34. The van der Waals surface area contributed by atoms with Crippen molar-refractivity contribution in [1.29, 1.82) is 0 Å². The lowest BCUT2D eigenvalue weighted by Gasteiger charge is -2.40. The van der Waals surface area contributed by atoms with Crippen LogP contribution in [-0.2, 0) is 10.0 Å². The summed E-state index contributed by atoms with van der Waals surface area (Å²) in [6.45, 7) is 3.44. The van der Waals surface area contributed by atoms with E-state index in [1.807, 2.05) is 19.1 Å². The molecule has 2 aromatic carbocycles. The van der Waals surface area contributed by atoms with Gasteiger partial charge in [-0.2, -0.15) is 4.31 Å². The third-order valence-electron chi connectivity index (χ3n) is 4.22. The predicted molar refractivity (Wildman–Crippen MR) is 106 cm³/mol. The molecule has 1 aliphatic heterocycles. The van der Waals surface area contributed by atoms with Gasteiger partial charge in [-0.05, 0) is 43.3 Å². The highest BCUT2D eigenvalue weighted by Crippen LogP contribution is 2.31. The average Bonchev–Trinajstić information content (AvgIpc) is 2.54. The Balaban J connectivity index is 1.82. The smallest absolute Gasteiger partial charge is 0.243 e. The van der Waals surface area contributed by atoms with Gasteiger partial charge in [-0.3, -0.25) is 0 Å². The summed E-state index contributed by atoms with van der Waals surface area (Å²) in [5.41, 5.74) is 0.873. The molecule has 1 aliphatic rings. The molecule has 25 heavy (non-hydrogen) atoms. The Morgan fingerprint density at radius 3 is 2.52 bits per heavy atom. The Hall–Kier alpha value is -0.790. The van der Waals surface area contributed by atoms with Crippen molar-refractivity contribution in [3.05, 3.63) is 57.0 Å². The monoisotopic (exact) mass is 462 g/mol. The van der Waals surface area contributed by atoms with Crippen molar-refractivity contribution in [2.45, 2.75) is 17.9 Å². The number of sulfonamides is 1. The summed E-state index contributed by atoms with van der Waals surface area (Å²) in [6.07, 6.45) is 0. The van der Waals surface area contributed by atoms with Gasteiger partial charge in [0.2, 0.25) is 10.0 Å². The second-order valence-electron chi connectivity index (χ2n) is 5.96. The third-order valence-corrected chi connectivity index (χ3v) is 7.26. The number of benzene rings is 2. The summed E-state index contributed by atoms with van der Waals surface area (Å²) in [4.78, 5) is 2.39. The maximum absolute atomic E-state index is 12.9. The Morgan fingerprint density at radius 1 is 1.12 bits per heavy atom. The van der Waals surface area contributed by atoms with Crippen LogP contribution in [0.4, 0.5) is 5.69 Å². The molecule has 0 aromatic heterocycles. The molecular weight excluding hydrogens is 447 g/mol. The highest BCUT2D eigenvalue weighted by atomic mass is 79.9. The second kappa shape index (κ2) is 7.45. The Labute approximate surface area is 166 Å². The van der Waals surface area contributed by atoms with Crippen LogP contribution in [0.15, 0.2) is 51.8 Å². The van der Waals surface area contributed by atoms with E-state index in [2.05, 4.69) is 20.8 Å². The van der Waals surface area contributed by atoms with E-state index >= 15 is 0 Å². The van der Waals surface area contributed by atoms with E-state index in [4.69, 9.17) is 23.2 Å². The number of hydrogen-bond donors (Lipinski definition) is 0. The molecule has 134 valence electrons. The van der Waals surface area contributed by atoms with Crippen LogP contribution in [0, 0.1) is 0 Å². The zero-order chi connectivity index (χ0) is 18.2. The van der Waals surface area contributed by atoms with Gasteiger partial charge < -0.3 is 4.90 Å². The minimum absolute atomic E-state index is 0.176. The van der Waals surface area contributed by atoms with Crippen LogP contribution in [0.3, 0.4) is 0 Å². The Bertz CT molecular complexity index is 892. The Morgan fingerprint density at radius 2 is 1.88 bits per heavy atom. The zero-order valence-electron chi connectivity index (χ0n) is 13.5. The first-order valence-electron chi connectivity index (χ1n) is 7.76. The lowest BCUT2D eigenvalue weighted by molar-refractivity contribution is 0.307. The van der Waals surface area contributed by atoms with E-state index in [0.29, 0.717) is 34.6 Å². The molecule has 0 saturated carbocycles. The largest absolute Gasteiger partial charge is 0.367 e.